The molecule has 0 radical (unpaired) electrons. The molecule has 0 aromatic carbocycles. The van der Waals surface area contributed by atoms with E-state index in [9.17, 15) is 0 Å². The number of nitrogens with one attached hydrogen (secondary N) is 1. The van der Waals surface area contributed by atoms with Crippen molar-refractivity contribution < 1.29 is 0 Å². The fourth-order valence-electron chi connectivity index (χ4n) is 3.00. The van der Waals surface area contributed by atoms with Crippen molar-refractivity contribution in [1.82, 2.24) is 25.3 Å². The van der Waals surface area contributed by atoms with Crippen molar-refractivity contribution in [2.45, 2.75) is 39.7 Å². The molecule has 2 heterocycles. The lowest BCUT2D eigenvalue weighted by molar-refractivity contribution is 0.260. The van der Waals surface area contributed by atoms with Crippen LogP contribution in [0.3, 0.4) is 0 Å². The predicted octanol–water partition coefficient (Wildman–Crippen LogP) is 2.20. The van der Waals surface area contributed by atoms with Gasteiger partial charge in [-0.05, 0) is 44.4 Å². The Morgan fingerprint density at radius 3 is 2.75 bits per heavy atom. The molecule has 1 atom stereocenters. The third kappa shape index (κ3) is 2.22. The molecule has 1 N–H and O–H groups in total. The minimum atomic E-state index is 0.261. The second-order valence-electron chi connectivity index (χ2n) is 6.38. The van der Waals surface area contributed by atoms with Gasteiger partial charge in [-0.15, -0.1) is 5.10 Å². The summed E-state index contributed by atoms with van der Waals surface area (Å²) in [7, 11) is 2.01. The van der Waals surface area contributed by atoms with E-state index in [1.807, 2.05) is 37.0 Å². The lowest BCUT2D eigenvalue weighted by Crippen LogP contribution is -2.32. The first-order valence-corrected chi connectivity index (χ1v) is 7.05. The van der Waals surface area contributed by atoms with Crippen molar-refractivity contribution in [1.29, 1.82) is 0 Å². The molecule has 0 spiro atoms. The molecule has 3 rings (SSSR count). The van der Waals surface area contributed by atoms with E-state index in [1.54, 1.807) is 0 Å². The van der Waals surface area contributed by atoms with Gasteiger partial charge in [-0.25, -0.2) is 4.68 Å². The second kappa shape index (κ2) is 4.66. The van der Waals surface area contributed by atoms with Gasteiger partial charge in [0.2, 0.25) is 0 Å². The number of hydrogen-bond acceptors (Lipinski definition) is 4. The summed E-state index contributed by atoms with van der Waals surface area (Å²) >= 11 is 0. The van der Waals surface area contributed by atoms with Gasteiger partial charge >= 0.3 is 0 Å². The zero-order valence-corrected chi connectivity index (χ0v) is 12.5. The minimum Gasteiger partial charge on any atom is -0.313 e. The van der Waals surface area contributed by atoms with E-state index in [0.29, 0.717) is 6.04 Å². The first-order chi connectivity index (χ1) is 9.50. The van der Waals surface area contributed by atoms with Crippen molar-refractivity contribution in [2.75, 3.05) is 7.05 Å². The normalized spacial score (nSPS) is 20.7. The second-order valence-corrected chi connectivity index (χ2v) is 6.38. The molecule has 106 valence electrons. The molecular formula is C15H21N5. The number of nitrogens with zero attached hydrogens (tertiary/aromatic N) is 4. The summed E-state index contributed by atoms with van der Waals surface area (Å²) in [6.45, 7) is 6.55. The van der Waals surface area contributed by atoms with Crippen molar-refractivity contribution in [3.63, 3.8) is 0 Å². The molecule has 1 unspecified atom stereocenters. The quantitative estimate of drug-likeness (QED) is 0.910. The Labute approximate surface area is 119 Å². The highest BCUT2D eigenvalue weighted by atomic mass is 15.3. The van der Waals surface area contributed by atoms with Gasteiger partial charge in [0.05, 0.1) is 17.6 Å². The van der Waals surface area contributed by atoms with Crippen LogP contribution in [0.2, 0.25) is 0 Å². The molecule has 2 aromatic heterocycles. The van der Waals surface area contributed by atoms with Crippen molar-refractivity contribution in [2.24, 2.45) is 5.41 Å². The summed E-state index contributed by atoms with van der Waals surface area (Å²) < 4.78 is 1.94. The Bertz CT molecular complexity index is 612. The summed E-state index contributed by atoms with van der Waals surface area (Å²) in [6.07, 6.45) is 4.10. The lowest BCUT2D eigenvalue weighted by atomic mass is 9.74. The fourth-order valence-corrected chi connectivity index (χ4v) is 3.00. The highest BCUT2D eigenvalue weighted by molar-refractivity contribution is 5.33. The van der Waals surface area contributed by atoms with Gasteiger partial charge in [0, 0.05) is 11.6 Å². The molecule has 0 fully saturated rings. The lowest BCUT2D eigenvalue weighted by Gasteiger charge is -2.35. The third-order valence-corrected chi connectivity index (χ3v) is 4.03. The van der Waals surface area contributed by atoms with Crippen molar-refractivity contribution >= 4 is 0 Å². The summed E-state index contributed by atoms with van der Waals surface area (Å²) in [5, 5.41) is 16.3. The smallest absolute Gasteiger partial charge is 0.175 e. The Kier molecular flexibility index (Phi) is 3.09. The van der Waals surface area contributed by atoms with Crippen LogP contribution in [0.25, 0.3) is 5.82 Å². The maximum atomic E-state index is 4.54. The number of aryl methyl sites for hydroxylation is 1. The highest BCUT2D eigenvalue weighted by Gasteiger charge is 2.34. The summed E-state index contributed by atoms with van der Waals surface area (Å²) in [4.78, 5) is 0. The van der Waals surface area contributed by atoms with Crippen LogP contribution in [0.5, 0.6) is 0 Å². The SMILES string of the molecule is CNC1CC(C)(C)Cc2c1cnn2-c1ccc(C)nn1. The topological polar surface area (TPSA) is 55.6 Å². The average molecular weight is 271 g/mol. The molecule has 0 bridgehead atoms. The molecule has 0 aliphatic heterocycles. The zero-order chi connectivity index (χ0) is 14.3. The molecule has 5 heteroatoms. The predicted molar refractivity (Wildman–Crippen MR) is 77.8 cm³/mol. The first kappa shape index (κ1) is 13.2. The maximum absolute atomic E-state index is 4.54. The van der Waals surface area contributed by atoms with Crippen LogP contribution in [0, 0.1) is 12.3 Å². The van der Waals surface area contributed by atoms with E-state index in [2.05, 4.69) is 34.5 Å². The van der Waals surface area contributed by atoms with Crippen LogP contribution in [-0.2, 0) is 6.42 Å². The summed E-state index contributed by atoms with van der Waals surface area (Å²) in [6, 6.07) is 4.31. The highest BCUT2D eigenvalue weighted by Crippen LogP contribution is 2.40. The Morgan fingerprint density at radius 1 is 1.30 bits per heavy atom. The monoisotopic (exact) mass is 271 g/mol. The molecule has 0 saturated carbocycles. The minimum absolute atomic E-state index is 0.261. The Morgan fingerprint density at radius 2 is 2.10 bits per heavy atom. The zero-order valence-electron chi connectivity index (χ0n) is 12.5. The third-order valence-electron chi connectivity index (χ3n) is 4.03. The van der Waals surface area contributed by atoms with Crippen LogP contribution in [0.1, 0.15) is 43.3 Å². The van der Waals surface area contributed by atoms with Crippen molar-refractivity contribution in [3.8, 4) is 5.82 Å². The molecule has 5 nitrogen and oxygen atoms in total. The van der Waals surface area contributed by atoms with E-state index in [4.69, 9.17) is 0 Å². The standard InChI is InChI=1S/C15H21N5/c1-10-5-6-14(19-18-10)20-13-8-15(2,3)7-12(16-4)11(13)9-17-20/h5-6,9,12,16H,7-8H2,1-4H3. The van der Waals surface area contributed by atoms with Crippen LogP contribution >= 0.6 is 0 Å². The van der Waals surface area contributed by atoms with Crippen molar-refractivity contribution in [3.05, 3.63) is 35.3 Å². The Balaban J connectivity index is 2.08. The molecule has 0 saturated heterocycles. The largest absolute Gasteiger partial charge is 0.313 e. The van der Waals surface area contributed by atoms with Gasteiger partial charge in [-0.3, -0.25) is 0 Å². The van der Waals surface area contributed by atoms with Crippen LogP contribution in [-0.4, -0.2) is 27.0 Å². The van der Waals surface area contributed by atoms with Gasteiger partial charge in [-0.1, -0.05) is 13.8 Å². The van der Waals surface area contributed by atoms with Crippen LogP contribution in [0.15, 0.2) is 18.3 Å². The first-order valence-electron chi connectivity index (χ1n) is 7.05. The van der Waals surface area contributed by atoms with E-state index < -0.39 is 0 Å². The van der Waals surface area contributed by atoms with Crippen LogP contribution in [0.4, 0.5) is 0 Å². The van der Waals surface area contributed by atoms with E-state index in [1.165, 1.54) is 11.3 Å². The number of fused-ring (bicyclic) bond motifs is 1. The molecule has 0 amide bonds. The van der Waals surface area contributed by atoms with Gasteiger partial charge in [-0.2, -0.15) is 10.2 Å². The van der Waals surface area contributed by atoms with Gasteiger partial charge in [0.1, 0.15) is 0 Å². The Hall–Kier alpha value is -1.75. The van der Waals surface area contributed by atoms with Crippen LogP contribution < -0.4 is 5.32 Å². The van der Waals surface area contributed by atoms with Gasteiger partial charge < -0.3 is 5.32 Å². The number of rotatable bonds is 2. The fraction of sp³-hybridized carbons (Fsp3) is 0.533. The summed E-state index contributed by atoms with van der Waals surface area (Å²) in [5.74, 6) is 0.796. The van der Waals surface area contributed by atoms with E-state index in [0.717, 1.165) is 24.4 Å². The van der Waals surface area contributed by atoms with E-state index >= 15 is 0 Å². The van der Waals surface area contributed by atoms with E-state index in [-0.39, 0.29) is 5.41 Å². The average Bonchev–Trinajstić information content (AvgIpc) is 2.81. The van der Waals surface area contributed by atoms with Gasteiger partial charge in [0.15, 0.2) is 5.82 Å². The molecule has 2 aromatic rings. The van der Waals surface area contributed by atoms with Gasteiger partial charge in [0.25, 0.3) is 0 Å². The molecule has 20 heavy (non-hydrogen) atoms. The summed E-state index contributed by atoms with van der Waals surface area (Å²) in [5.41, 5.74) is 3.72. The molecule has 1 aliphatic rings. The molecule has 1 aliphatic carbocycles. The molecular weight excluding hydrogens is 250 g/mol. The maximum Gasteiger partial charge on any atom is 0.175 e. The number of aromatic nitrogens is 4. The number of hydrogen-bond donors (Lipinski definition) is 1.